The number of benzene rings is 1. The van der Waals surface area contributed by atoms with Crippen LogP contribution in [0.4, 0.5) is 18.9 Å². The largest absolute Gasteiger partial charge is 0.418 e. The Morgan fingerprint density at radius 2 is 1.95 bits per heavy atom. The van der Waals surface area contributed by atoms with Crippen LogP contribution in [0.1, 0.15) is 29.8 Å². The molecule has 0 saturated heterocycles. The topological polar surface area (TPSA) is 46.3 Å². The molecule has 0 radical (unpaired) electrons. The summed E-state index contributed by atoms with van der Waals surface area (Å²) in [5.41, 5.74) is 3.86. The number of hydrogen-bond donors (Lipinski definition) is 1. The zero-order valence-corrected chi connectivity index (χ0v) is 11.1. The normalized spacial score (nSPS) is 11.7. The van der Waals surface area contributed by atoms with E-state index in [1.54, 1.807) is 7.05 Å². The third kappa shape index (κ3) is 3.62. The number of hydrogen-bond acceptors (Lipinski definition) is 2. The lowest BCUT2D eigenvalue weighted by molar-refractivity contribution is -0.136. The molecule has 1 rings (SSSR count). The second-order valence-electron chi connectivity index (χ2n) is 4.84. The summed E-state index contributed by atoms with van der Waals surface area (Å²) in [4.78, 5) is 13.4. The molecule has 6 heteroatoms. The molecule has 3 nitrogen and oxygen atoms in total. The van der Waals surface area contributed by atoms with Gasteiger partial charge in [0.2, 0.25) is 0 Å². The van der Waals surface area contributed by atoms with Crippen molar-refractivity contribution in [3.8, 4) is 0 Å². The number of rotatable bonds is 3. The number of nitrogen functional groups attached to an aromatic ring is 1. The molecule has 0 bridgehead atoms. The third-order valence-electron chi connectivity index (χ3n) is 2.63. The van der Waals surface area contributed by atoms with Gasteiger partial charge in [-0.1, -0.05) is 19.9 Å². The van der Waals surface area contributed by atoms with Crippen LogP contribution in [0.3, 0.4) is 0 Å². The standard InChI is InChI=1S/C13H17F3N2O/c1-8(2)7-18(3)12(19)9-5-4-6-10(11(9)17)13(14,15)16/h4-6,8H,7,17H2,1-3H3. The average molecular weight is 274 g/mol. The lowest BCUT2D eigenvalue weighted by atomic mass is 10.1. The number of alkyl halides is 3. The predicted molar refractivity (Wildman–Crippen MR) is 67.7 cm³/mol. The van der Waals surface area contributed by atoms with Gasteiger partial charge in [0.1, 0.15) is 0 Å². The molecule has 1 aromatic carbocycles. The number of anilines is 1. The maximum Gasteiger partial charge on any atom is 0.418 e. The number of carbonyl (C=O) groups is 1. The second-order valence-corrected chi connectivity index (χ2v) is 4.84. The van der Waals surface area contributed by atoms with Gasteiger partial charge in [0.25, 0.3) is 5.91 Å². The minimum atomic E-state index is -4.56. The van der Waals surface area contributed by atoms with Crippen LogP contribution < -0.4 is 5.73 Å². The van der Waals surface area contributed by atoms with Gasteiger partial charge in [0, 0.05) is 13.6 Å². The van der Waals surface area contributed by atoms with E-state index in [4.69, 9.17) is 5.73 Å². The summed E-state index contributed by atoms with van der Waals surface area (Å²) in [6, 6.07) is 3.37. The van der Waals surface area contributed by atoms with Crippen LogP contribution >= 0.6 is 0 Å². The number of para-hydroxylation sites is 1. The Morgan fingerprint density at radius 1 is 1.37 bits per heavy atom. The molecule has 0 heterocycles. The molecular weight excluding hydrogens is 257 g/mol. The summed E-state index contributed by atoms with van der Waals surface area (Å²) in [6.45, 7) is 4.28. The monoisotopic (exact) mass is 274 g/mol. The van der Waals surface area contributed by atoms with Crippen molar-refractivity contribution in [2.24, 2.45) is 5.92 Å². The Kier molecular flexibility index (Phi) is 4.44. The van der Waals surface area contributed by atoms with Gasteiger partial charge >= 0.3 is 6.18 Å². The van der Waals surface area contributed by atoms with E-state index in [9.17, 15) is 18.0 Å². The van der Waals surface area contributed by atoms with Gasteiger partial charge in [-0.05, 0) is 18.1 Å². The van der Waals surface area contributed by atoms with E-state index in [1.165, 1.54) is 17.0 Å². The van der Waals surface area contributed by atoms with Crippen molar-refractivity contribution >= 4 is 11.6 Å². The van der Waals surface area contributed by atoms with E-state index in [2.05, 4.69) is 0 Å². The fourth-order valence-corrected chi connectivity index (χ4v) is 1.84. The van der Waals surface area contributed by atoms with Crippen molar-refractivity contribution in [1.82, 2.24) is 4.90 Å². The van der Waals surface area contributed by atoms with E-state index in [0.717, 1.165) is 6.07 Å². The van der Waals surface area contributed by atoms with Crippen molar-refractivity contribution in [1.29, 1.82) is 0 Å². The van der Waals surface area contributed by atoms with Crippen LogP contribution in [0.25, 0.3) is 0 Å². The molecule has 106 valence electrons. The minimum absolute atomic E-state index is 0.113. The van der Waals surface area contributed by atoms with Crippen LogP contribution in [0.5, 0.6) is 0 Å². The highest BCUT2D eigenvalue weighted by Crippen LogP contribution is 2.35. The Balaban J connectivity index is 3.12. The molecule has 19 heavy (non-hydrogen) atoms. The first-order valence-corrected chi connectivity index (χ1v) is 5.85. The van der Waals surface area contributed by atoms with Crippen molar-refractivity contribution in [2.45, 2.75) is 20.0 Å². The molecule has 0 aliphatic carbocycles. The van der Waals surface area contributed by atoms with Crippen LogP contribution in [-0.4, -0.2) is 24.4 Å². The second kappa shape index (κ2) is 5.50. The fourth-order valence-electron chi connectivity index (χ4n) is 1.84. The maximum absolute atomic E-state index is 12.7. The van der Waals surface area contributed by atoms with E-state index in [1.807, 2.05) is 13.8 Å². The summed E-state index contributed by atoms with van der Waals surface area (Å²) >= 11 is 0. The first-order valence-electron chi connectivity index (χ1n) is 5.85. The van der Waals surface area contributed by atoms with E-state index < -0.39 is 23.3 Å². The Labute approximate surface area is 110 Å². The predicted octanol–water partition coefficient (Wildman–Crippen LogP) is 3.02. The van der Waals surface area contributed by atoms with Crippen LogP contribution in [-0.2, 0) is 6.18 Å². The summed E-state index contributed by atoms with van der Waals surface area (Å²) in [7, 11) is 1.54. The zero-order chi connectivity index (χ0) is 14.8. The van der Waals surface area contributed by atoms with Gasteiger partial charge in [0.15, 0.2) is 0 Å². The van der Waals surface area contributed by atoms with Gasteiger partial charge in [-0.15, -0.1) is 0 Å². The lowest BCUT2D eigenvalue weighted by Gasteiger charge is -2.21. The molecule has 0 unspecified atom stereocenters. The maximum atomic E-state index is 12.7. The minimum Gasteiger partial charge on any atom is -0.398 e. The average Bonchev–Trinajstić information content (AvgIpc) is 2.25. The molecule has 0 atom stereocenters. The fraction of sp³-hybridized carbons (Fsp3) is 0.462. The Morgan fingerprint density at radius 3 is 2.42 bits per heavy atom. The number of nitrogens with zero attached hydrogens (tertiary/aromatic N) is 1. The smallest absolute Gasteiger partial charge is 0.398 e. The SMILES string of the molecule is CC(C)CN(C)C(=O)c1cccc(C(F)(F)F)c1N. The highest BCUT2D eigenvalue weighted by Gasteiger charge is 2.34. The zero-order valence-electron chi connectivity index (χ0n) is 11.1. The highest BCUT2D eigenvalue weighted by atomic mass is 19.4. The molecule has 0 saturated carbocycles. The van der Waals surface area contributed by atoms with Crippen molar-refractivity contribution in [2.75, 3.05) is 19.3 Å². The number of carbonyl (C=O) groups excluding carboxylic acids is 1. The van der Waals surface area contributed by atoms with E-state index in [0.29, 0.717) is 6.54 Å². The molecule has 0 spiro atoms. The summed E-state index contributed by atoms with van der Waals surface area (Å²) in [5.74, 6) is -0.279. The molecule has 0 fully saturated rings. The van der Waals surface area contributed by atoms with Crippen molar-refractivity contribution < 1.29 is 18.0 Å². The van der Waals surface area contributed by atoms with E-state index in [-0.39, 0.29) is 11.5 Å². The molecule has 1 amide bonds. The highest BCUT2D eigenvalue weighted by molar-refractivity contribution is 5.99. The Hall–Kier alpha value is -1.72. The first-order chi connectivity index (χ1) is 8.64. The lowest BCUT2D eigenvalue weighted by Crippen LogP contribution is -2.31. The van der Waals surface area contributed by atoms with Gasteiger partial charge in [0.05, 0.1) is 16.8 Å². The van der Waals surface area contributed by atoms with Gasteiger partial charge in [-0.25, -0.2) is 0 Å². The molecule has 1 aromatic rings. The van der Waals surface area contributed by atoms with Crippen molar-refractivity contribution in [3.63, 3.8) is 0 Å². The van der Waals surface area contributed by atoms with Crippen LogP contribution in [0.2, 0.25) is 0 Å². The van der Waals surface area contributed by atoms with Crippen LogP contribution in [0, 0.1) is 5.92 Å². The number of halogens is 3. The molecular formula is C13H17F3N2O. The van der Waals surface area contributed by atoms with Gasteiger partial charge in [-0.2, -0.15) is 13.2 Å². The summed E-state index contributed by atoms with van der Waals surface area (Å²) in [5, 5.41) is 0. The van der Waals surface area contributed by atoms with Crippen LogP contribution in [0.15, 0.2) is 18.2 Å². The molecule has 0 aliphatic heterocycles. The van der Waals surface area contributed by atoms with Crippen molar-refractivity contribution in [3.05, 3.63) is 29.3 Å². The first kappa shape index (κ1) is 15.3. The number of amides is 1. The summed E-state index contributed by atoms with van der Waals surface area (Å²) < 4.78 is 38.1. The quantitative estimate of drug-likeness (QED) is 0.861. The summed E-state index contributed by atoms with van der Waals surface area (Å²) in [6.07, 6.45) is -4.56. The Bertz CT molecular complexity index is 469. The number of nitrogens with two attached hydrogens (primary N) is 1. The van der Waals surface area contributed by atoms with Gasteiger partial charge < -0.3 is 10.6 Å². The van der Waals surface area contributed by atoms with E-state index >= 15 is 0 Å². The van der Waals surface area contributed by atoms with Gasteiger partial charge in [-0.3, -0.25) is 4.79 Å². The third-order valence-corrected chi connectivity index (χ3v) is 2.63. The molecule has 0 aromatic heterocycles. The molecule has 2 N–H and O–H groups in total. The molecule has 0 aliphatic rings.